The first kappa shape index (κ1) is 14.9. The summed E-state index contributed by atoms with van der Waals surface area (Å²) in [6.07, 6.45) is 0.450. The summed E-state index contributed by atoms with van der Waals surface area (Å²) in [5, 5.41) is 10.3. The molecule has 2 nitrogen and oxygen atoms in total. The Labute approximate surface area is 132 Å². The van der Waals surface area contributed by atoms with Gasteiger partial charge in [-0.15, -0.1) is 0 Å². The maximum Gasteiger partial charge on any atom is 0.0646 e. The number of nitriles is 1. The summed E-state index contributed by atoms with van der Waals surface area (Å²) in [5.41, 5.74) is 3.10. The van der Waals surface area contributed by atoms with E-state index in [1.54, 1.807) is 0 Å². The Morgan fingerprint density at radius 1 is 1.15 bits per heavy atom. The van der Waals surface area contributed by atoms with Gasteiger partial charge in [-0.25, -0.2) is 0 Å². The molecule has 0 radical (unpaired) electrons. The van der Waals surface area contributed by atoms with Crippen molar-refractivity contribution in [1.82, 2.24) is 0 Å². The maximum absolute atomic E-state index is 8.84. The van der Waals surface area contributed by atoms with Crippen LogP contribution in [0.1, 0.15) is 12.0 Å². The van der Waals surface area contributed by atoms with Crippen LogP contribution in [0.5, 0.6) is 0 Å². The highest BCUT2D eigenvalue weighted by molar-refractivity contribution is 9.08. The van der Waals surface area contributed by atoms with Gasteiger partial charge in [-0.3, -0.25) is 0 Å². The standard InChI is InChI=1S/C16H14BrClN2/c17-12-13-7-8-16(15(18)11-13)20(10-4-9-19)14-5-2-1-3-6-14/h1-3,5-8,11H,4,10,12H2. The van der Waals surface area contributed by atoms with Crippen LogP contribution in [-0.2, 0) is 5.33 Å². The van der Waals surface area contributed by atoms with E-state index in [2.05, 4.69) is 26.9 Å². The zero-order valence-corrected chi connectivity index (χ0v) is 13.2. The third-order valence-corrected chi connectivity index (χ3v) is 3.92. The number of nitrogens with zero attached hydrogens (tertiary/aromatic N) is 2. The number of anilines is 2. The lowest BCUT2D eigenvalue weighted by Crippen LogP contribution is -2.18. The summed E-state index contributed by atoms with van der Waals surface area (Å²) in [5.74, 6) is 0. The van der Waals surface area contributed by atoms with Crippen LogP contribution in [0.15, 0.2) is 48.5 Å². The minimum absolute atomic E-state index is 0.450. The second kappa shape index (κ2) is 7.33. The second-order valence-electron chi connectivity index (χ2n) is 4.31. The summed E-state index contributed by atoms with van der Waals surface area (Å²) in [6.45, 7) is 0.619. The van der Waals surface area contributed by atoms with Gasteiger partial charge < -0.3 is 4.90 Å². The van der Waals surface area contributed by atoms with Crippen LogP contribution in [0.3, 0.4) is 0 Å². The molecular formula is C16H14BrClN2. The molecule has 0 aliphatic heterocycles. The van der Waals surface area contributed by atoms with Gasteiger partial charge in [0.25, 0.3) is 0 Å². The van der Waals surface area contributed by atoms with Crippen molar-refractivity contribution >= 4 is 38.9 Å². The third-order valence-electron chi connectivity index (χ3n) is 2.97. The molecule has 4 heteroatoms. The lowest BCUT2D eigenvalue weighted by molar-refractivity contribution is 0.948. The monoisotopic (exact) mass is 348 g/mol. The Balaban J connectivity index is 2.39. The Hall–Kier alpha value is -1.50. The van der Waals surface area contributed by atoms with E-state index in [0.717, 1.165) is 22.3 Å². The van der Waals surface area contributed by atoms with Gasteiger partial charge in [0.05, 0.1) is 23.2 Å². The van der Waals surface area contributed by atoms with Gasteiger partial charge in [0.15, 0.2) is 0 Å². The Morgan fingerprint density at radius 2 is 1.90 bits per heavy atom. The highest BCUT2D eigenvalue weighted by Gasteiger charge is 2.12. The lowest BCUT2D eigenvalue weighted by atomic mass is 10.2. The highest BCUT2D eigenvalue weighted by atomic mass is 79.9. The van der Waals surface area contributed by atoms with Gasteiger partial charge in [0, 0.05) is 17.6 Å². The van der Waals surface area contributed by atoms with Gasteiger partial charge in [0.1, 0.15) is 0 Å². The molecule has 0 aromatic heterocycles. The smallest absolute Gasteiger partial charge is 0.0646 e. The second-order valence-corrected chi connectivity index (χ2v) is 5.28. The van der Waals surface area contributed by atoms with Crippen LogP contribution in [0.25, 0.3) is 0 Å². The van der Waals surface area contributed by atoms with E-state index in [-0.39, 0.29) is 0 Å². The maximum atomic E-state index is 8.84. The molecule has 0 saturated carbocycles. The molecule has 0 saturated heterocycles. The predicted octanol–water partition coefficient (Wildman–Crippen LogP) is 5.29. The van der Waals surface area contributed by atoms with E-state index in [0.29, 0.717) is 18.0 Å². The molecule has 0 spiro atoms. The minimum Gasteiger partial charge on any atom is -0.339 e. The Kier molecular flexibility index (Phi) is 5.46. The van der Waals surface area contributed by atoms with Gasteiger partial charge in [-0.2, -0.15) is 5.26 Å². The summed E-state index contributed by atoms with van der Waals surface area (Å²) in [6, 6.07) is 18.2. The number of alkyl halides is 1. The summed E-state index contributed by atoms with van der Waals surface area (Å²) < 4.78 is 0. The first-order valence-corrected chi connectivity index (χ1v) is 7.80. The molecule has 0 unspecified atom stereocenters. The zero-order valence-electron chi connectivity index (χ0n) is 10.9. The molecule has 2 aromatic rings. The molecule has 0 aliphatic rings. The number of benzene rings is 2. The fourth-order valence-electron chi connectivity index (χ4n) is 2.01. The van der Waals surface area contributed by atoms with Crippen molar-refractivity contribution in [3.05, 3.63) is 59.1 Å². The first-order chi connectivity index (χ1) is 9.76. The van der Waals surface area contributed by atoms with Crippen LogP contribution in [-0.4, -0.2) is 6.54 Å². The molecule has 2 rings (SSSR count). The summed E-state index contributed by atoms with van der Waals surface area (Å²) >= 11 is 9.81. The normalized spacial score (nSPS) is 10.1. The molecule has 0 aliphatic carbocycles. The van der Waals surface area contributed by atoms with Crippen molar-refractivity contribution in [3.8, 4) is 6.07 Å². The molecule has 0 heterocycles. The van der Waals surface area contributed by atoms with E-state index in [9.17, 15) is 0 Å². The predicted molar refractivity (Wildman–Crippen MR) is 87.8 cm³/mol. The summed E-state index contributed by atoms with van der Waals surface area (Å²) in [4.78, 5) is 2.07. The van der Waals surface area contributed by atoms with Crippen molar-refractivity contribution < 1.29 is 0 Å². The molecule has 0 amide bonds. The number of rotatable bonds is 5. The molecule has 0 bridgehead atoms. The van der Waals surface area contributed by atoms with E-state index in [1.165, 1.54) is 0 Å². The molecular weight excluding hydrogens is 336 g/mol. The van der Waals surface area contributed by atoms with E-state index in [1.807, 2.05) is 48.5 Å². The van der Waals surface area contributed by atoms with Crippen molar-refractivity contribution in [2.75, 3.05) is 11.4 Å². The fraction of sp³-hybridized carbons (Fsp3) is 0.188. The van der Waals surface area contributed by atoms with Crippen molar-refractivity contribution in [2.24, 2.45) is 0 Å². The fourth-order valence-corrected chi connectivity index (χ4v) is 2.66. The minimum atomic E-state index is 0.450. The molecule has 0 atom stereocenters. The van der Waals surface area contributed by atoms with Gasteiger partial charge in [-0.05, 0) is 29.8 Å². The zero-order chi connectivity index (χ0) is 14.4. The van der Waals surface area contributed by atoms with Gasteiger partial charge in [0.2, 0.25) is 0 Å². The third kappa shape index (κ3) is 3.53. The van der Waals surface area contributed by atoms with Crippen molar-refractivity contribution in [2.45, 2.75) is 11.8 Å². The van der Waals surface area contributed by atoms with Crippen LogP contribution < -0.4 is 4.90 Å². The molecule has 2 aromatic carbocycles. The van der Waals surface area contributed by atoms with Gasteiger partial charge in [-0.1, -0.05) is 51.8 Å². The Bertz CT molecular complexity index is 608. The van der Waals surface area contributed by atoms with E-state index < -0.39 is 0 Å². The number of halogens is 2. The van der Waals surface area contributed by atoms with Crippen LogP contribution >= 0.6 is 27.5 Å². The van der Waals surface area contributed by atoms with Gasteiger partial charge >= 0.3 is 0 Å². The lowest BCUT2D eigenvalue weighted by Gasteiger charge is -2.25. The number of hydrogen-bond acceptors (Lipinski definition) is 2. The molecule has 20 heavy (non-hydrogen) atoms. The average Bonchev–Trinajstić information content (AvgIpc) is 2.50. The van der Waals surface area contributed by atoms with E-state index in [4.69, 9.17) is 16.9 Å². The number of para-hydroxylation sites is 1. The van der Waals surface area contributed by atoms with Crippen LogP contribution in [0.4, 0.5) is 11.4 Å². The average molecular weight is 350 g/mol. The van der Waals surface area contributed by atoms with Crippen molar-refractivity contribution in [3.63, 3.8) is 0 Å². The van der Waals surface area contributed by atoms with Crippen molar-refractivity contribution in [1.29, 1.82) is 5.26 Å². The van der Waals surface area contributed by atoms with Crippen LogP contribution in [0.2, 0.25) is 5.02 Å². The SMILES string of the molecule is N#CCCN(c1ccccc1)c1ccc(CBr)cc1Cl. The van der Waals surface area contributed by atoms with Crippen LogP contribution in [0, 0.1) is 11.3 Å². The quantitative estimate of drug-likeness (QED) is 0.686. The molecule has 0 fully saturated rings. The molecule has 0 N–H and O–H groups in total. The summed E-state index contributed by atoms with van der Waals surface area (Å²) in [7, 11) is 0. The molecule has 102 valence electrons. The largest absolute Gasteiger partial charge is 0.339 e. The number of hydrogen-bond donors (Lipinski definition) is 0. The Morgan fingerprint density at radius 3 is 2.50 bits per heavy atom. The highest BCUT2D eigenvalue weighted by Crippen LogP contribution is 2.33. The first-order valence-electron chi connectivity index (χ1n) is 6.30. The van der Waals surface area contributed by atoms with E-state index >= 15 is 0 Å². The topological polar surface area (TPSA) is 27.0 Å².